The predicted octanol–water partition coefficient (Wildman–Crippen LogP) is 9.23. The number of hydrogen-bond donors (Lipinski definition) is 3. The van der Waals surface area contributed by atoms with Gasteiger partial charge >= 0.3 is 5.97 Å². The largest absolute Gasteiger partial charge is 0.426 e. The first-order valence-electron chi connectivity index (χ1n) is 18.2. The number of allylic oxidation sites excluding steroid dienone is 2. The van der Waals surface area contributed by atoms with Crippen LogP contribution in [0.4, 0.5) is 0 Å². The molecule has 1 aromatic carbocycles. The second-order valence-electron chi connectivity index (χ2n) is 12.0. The van der Waals surface area contributed by atoms with E-state index in [1.54, 1.807) is 6.07 Å². The fraction of sp³-hybridized carbons (Fsp3) is 0.737. The Morgan fingerprint density at radius 2 is 1.20 bits per heavy atom. The molecule has 254 valence electrons. The van der Waals surface area contributed by atoms with E-state index in [0.29, 0.717) is 30.8 Å². The number of hydrogen-bond acceptors (Lipinski definition) is 6. The van der Waals surface area contributed by atoms with Gasteiger partial charge in [-0.15, -0.1) is 0 Å². The van der Waals surface area contributed by atoms with E-state index in [4.69, 9.17) is 16.2 Å². The van der Waals surface area contributed by atoms with Crippen LogP contribution in [0.1, 0.15) is 165 Å². The Labute approximate surface area is 271 Å². The zero-order valence-corrected chi connectivity index (χ0v) is 28.7. The molecule has 5 N–H and O–H groups in total. The molecule has 6 nitrogen and oxygen atoms in total. The van der Waals surface area contributed by atoms with Crippen LogP contribution in [0.2, 0.25) is 0 Å². The summed E-state index contributed by atoms with van der Waals surface area (Å²) in [5, 5.41) is 3.03. The molecule has 0 unspecified atom stereocenters. The van der Waals surface area contributed by atoms with E-state index >= 15 is 0 Å². The first-order valence-corrected chi connectivity index (χ1v) is 18.2. The van der Waals surface area contributed by atoms with Gasteiger partial charge in [-0.3, -0.25) is 9.59 Å². The maximum Gasteiger partial charge on any atom is 0.311 e. The fourth-order valence-corrected chi connectivity index (χ4v) is 5.15. The number of ether oxygens (including phenoxy) is 1. The monoisotopic (exact) mass is 616 g/mol. The minimum Gasteiger partial charge on any atom is -0.426 e. The summed E-state index contributed by atoms with van der Waals surface area (Å²) in [5.74, 6) is 0.196. The fourth-order valence-electron chi connectivity index (χ4n) is 5.15. The Balaban J connectivity index is 0.00000234. The summed E-state index contributed by atoms with van der Waals surface area (Å²) in [4.78, 5) is 24.1. The van der Waals surface area contributed by atoms with Gasteiger partial charge in [0.1, 0.15) is 5.75 Å². The Kier molecular flexibility index (Phi) is 32.3. The lowest BCUT2D eigenvalue weighted by atomic mass is 10.00. The van der Waals surface area contributed by atoms with Gasteiger partial charge in [-0.2, -0.15) is 0 Å². The SMILES string of the molecule is CCCCCCCC/C=C\CCCCCCCC(=O)Oc1cccc(CCCCCCCCC)c1C=O.NCCNCCN. The minimum absolute atomic E-state index is 0.228. The van der Waals surface area contributed by atoms with Crippen LogP contribution >= 0.6 is 0 Å². The molecule has 0 saturated heterocycles. The van der Waals surface area contributed by atoms with Gasteiger partial charge in [0, 0.05) is 32.6 Å². The predicted molar refractivity (Wildman–Crippen MR) is 190 cm³/mol. The van der Waals surface area contributed by atoms with Crippen molar-refractivity contribution in [2.45, 2.75) is 155 Å². The maximum absolute atomic E-state index is 12.4. The summed E-state index contributed by atoms with van der Waals surface area (Å²) in [7, 11) is 0. The average molecular weight is 616 g/mol. The van der Waals surface area contributed by atoms with Crippen LogP contribution in [0.25, 0.3) is 0 Å². The van der Waals surface area contributed by atoms with Crippen molar-refractivity contribution >= 4 is 12.3 Å². The topological polar surface area (TPSA) is 107 Å². The number of unbranched alkanes of at least 4 members (excludes halogenated alkanes) is 17. The molecular weight excluding hydrogens is 546 g/mol. The van der Waals surface area contributed by atoms with Crippen molar-refractivity contribution in [1.29, 1.82) is 0 Å². The molecule has 44 heavy (non-hydrogen) atoms. The number of benzene rings is 1. The van der Waals surface area contributed by atoms with Crippen molar-refractivity contribution in [2.75, 3.05) is 26.2 Å². The molecular formula is C38H69N3O3. The lowest BCUT2D eigenvalue weighted by Crippen LogP contribution is -2.27. The average Bonchev–Trinajstić information content (AvgIpc) is 3.03. The van der Waals surface area contributed by atoms with Crippen molar-refractivity contribution in [3.8, 4) is 5.75 Å². The Morgan fingerprint density at radius 3 is 1.73 bits per heavy atom. The Morgan fingerprint density at radius 1 is 0.705 bits per heavy atom. The Hall–Kier alpha value is -2.02. The molecule has 0 aromatic heterocycles. The van der Waals surface area contributed by atoms with Crippen LogP contribution in [0.5, 0.6) is 5.75 Å². The molecule has 0 bridgehead atoms. The summed E-state index contributed by atoms with van der Waals surface area (Å²) in [6.45, 7) is 7.63. The van der Waals surface area contributed by atoms with E-state index in [-0.39, 0.29) is 5.97 Å². The van der Waals surface area contributed by atoms with E-state index in [0.717, 1.165) is 57.0 Å². The number of carbonyl (C=O) groups is 2. The lowest BCUT2D eigenvalue weighted by molar-refractivity contribution is -0.134. The number of carbonyl (C=O) groups excluding carboxylic acids is 2. The summed E-state index contributed by atoms with van der Waals surface area (Å²) in [6.07, 6.45) is 31.6. The molecule has 0 radical (unpaired) electrons. The van der Waals surface area contributed by atoms with Gasteiger partial charge in [-0.25, -0.2) is 0 Å². The summed E-state index contributed by atoms with van der Waals surface area (Å²) >= 11 is 0. The first kappa shape index (κ1) is 42.0. The molecule has 0 aliphatic rings. The quantitative estimate of drug-likeness (QED) is 0.0273. The summed E-state index contributed by atoms with van der Waals surface area (Å²) < 4.78 is 5.59. The summed E-state index contributed by atoms with van der Waals surface area (Å²) in [5.41, 5.74) is 11.9. The third-order valence-electron chi connectivity index (χ3n) is 7.83. The molecule has 1 aromatic rings. The van der Waals surface area contributed by atoms with Crippen molar-refractivity contribution in [3.05, 3.63) is 41.5 Å². The second-order valence-corrected chi connectivity index (χ2v) is 12.0. The molecule has 0 atom stereocenters. The third kappa shape index (κ3) is 26.4. The number of esters is 1. The van der Waals surface area contributed by atoms with Crippen LogP contribution in [-0.4, -0.2) is 38.4 Å². The second kappa shape index (κ2) is 33.9. The maximum atomic E-state index is 12.4. The first-order chi connectivity index (χ1) is 21.6. The van der Waals surface area contributed by atoms with Gasteiger partial charge < -0.3 is 21.5 Å². The molecule has 0 aliphatic carbocycles. The molecule has 0 aliphatic heterocycles. The van der Waals surface area contributed by atoms with Crippen LogP contribution in [0.15, 0.2) is 30.4 Å². The van der Waals surface area contributed by atoms with Crippen LogP contribution < -0.4 is 21.5 Å². The van der Waals surface area contributed by atoms with Gasteiger partial charge in [-0.05, 0) is 56.6 Å². The van der Waals surface area contributed by atoms with Gasteiger partial charge in [0.05, 0.1) is 5.56 Å². The normalized spacial score (nSPS) is 11.0. The minimum atomic E-state index is -0.228. The number of rotatable bonds is 29. The van der Waals surface area contributed by atoms with E-state index in [1.165, 1.54) is 103 Å². The molecule has 0 fully saturated rings. The highest BCUT2D eigenvalue weighted by molar-refractivity contribution is 5.84. The van der Waals surface area contributed by atoms with E-state index in [1.807, 2.05) is 12.1 Å². The number of aryl methyl sites for hydroxylation is 1. The van der Waals surface area contributed by atoms with Gasteiger partial charge in [-0.1, -0.05) is 128 Å². The zero-order valence-electron chi connectivity index (χ0n) is 28.7. The van der Waals surface area contributed by atoms with Crippen molar-refractivity contribution in [3.63, 3.8) is 0 Å². The van der Waals surface area contributed by atoms with E-state index < -0.39 is 0 Å². The van der Waals surface area contributed by atoms with Gasteiger partial charge in [0.2, 0.25) is 0 Å². The number of aldehydes is 1. The number of nitrogens with one attached hydrogen (secondary N) is 1. The lowest BCUT2D eigenvalue weighted by Gasteiger charge is -2.11. The van der Waals surface area contributed by atoms with Crippen molar-refractivity contribution in [1.82, 2.24) is 5.32 Å². The Bertz CT molecular complexity index is 809. The van der Waals surface area contributed by atoms with Gasteiger partial charge in [0.25, 0.3) is 0 Å². The van der Waals surface area contributed by atoms with Gasteiger partial charge in [0.15, 0.2) is 6.29 Å². The van der Waals surface area contributed by atoms with Crippen LogP contribution in [0, 0.1) is 0 Å². The zero-order chi connectivity index (χ0) is 32.4. The molecule has 0 amide bonds. The standard InChI is InChI=1S/C34H56O3.C4H13N3/c1-3-5-7-9-11-12-13-14-15-16-17-18-20-22-24-29-34(36)37-33-28-25-27-31(32(33)30-35)26-23-21-19-10-8-6-4-2;5-1-3-7-4-2-6/h14-15,25,27-28,30H,3-13,16-24,26,29H2,1-2H3;7H,1-6H2/b15-14-;. The summed E-state index contributed by atoms with van der Waals surface area (Å²) in [6, 6.07) is 5.63. The smallest absolute Gasteiger partial charge is 0.311 e. The molecule has 1 rings (SSSR count). The highest BCUT2D eigenvalue weighted by Crippen LogP contribution is 2.23. The highest BCUT2D eigenvalue weighted by Gasteiger charge is 2.12. The molecule has 0 saturated carbocycles. The van der Waals surface area contributed by atoms with E-state index in [2.05, 4.69) is 31.3 Å². The van der Waals surface area contributed by atoms with Crippen LogP contribution in [0.3, 0.4) is 0 Å². The van der Waals surface area contributed by atoms with Crippen molar-refractivity contribution in [2.24, 2.45) is 11.5 Å². The van der Waals surface area contributed by atoms with Crippen LogP contribution in [-0.2, 0) is 11.2 Å². The molecule has 0 heterocycles. The van der Waals surface area contributed by atoms with Crippen molar-refractivity contribution < 1.29 is 14.3 Å². The molecule has 0 spiro atoms. The highest BCUT2D eigenvalue weighted by atomic mass is 16.5. The number of nitrogens with two attached hydrogens (primary N) is 2. The van der Waals surface area contributed by atoms with E-state index in [9.17, 15) is 9.59 Å². The third-order valence-corrected chi connectivity index (χ3v) is 7.83. The molecule has 6 heteroatoms.